The largest absolute Gasteiger partial charge is 0.391 e. The number of halogens is 2. The van der Waals surface area contributed by atoms with E-state index >= 15 is 0 Å². The molecule has 1 aromatic carbocycles. The lowest BCUT2D eigenvalue weighted by molar-refractivity contribution is 0.282. The first-order valence-electron chi connectivity index (χ1n) is 5.79. The number of rotatable bonds is 3. The summed E-state index contributed by atoms with van der Waals surface area (Å²) in [7, 11) is 0. The molecule has 0 fully saturated rings. The summed E-state index contributed by atoms with van der Waals surface area (Å²) in [5.74, 6) is 0.573. The van der Waals surface area contributed by atoms with Gasteiger partial charge in [0, 0.05) is 10.6 Å². The van der Waals surface area contributed by atoms with Crippen LogP contribution >= 0.6 is 34.5 Å². The first kappa shape index (κ1) is 13.6. The Kier molecular flexibility index (Phi) is 3.81. The minimum atomic E-state index is -0.176. The van der Waals surface area contributed by atoms with E-state index in [0.29, 0.717) is 32.6 Å². The second-order valence-electron chi connectivity index (χ2n) is 4.10. The highest BCUT2D eigenvalue weighted by Crippen LogP contribution is 2.37. The Morgan fingerprint density at radius 3 is 2.75 bits per heavy atom. The molecule has 0 radical (unpaired) electrons. The van der Waals surface area contributed by atoms with Crippen molar-refractivity contribution in [1.82, 2.24) is 5.16 Å². The first-order chi connectivity index (χ1) is 9.70. The summed E-state index contributed by atoms with van der Waals surface area (Å²) in [4.78, 5) is 0.915. The van der Waals surface area contributed by atoms with Crippen LogP contribution in [0, 0.1) is 0 Å². The van der Waals surface area contributed by atoms with Crippen LogP contribution in [0.2, 0.25) is 10.0 Å². The van der Waals surface area contributed by atoms with Gasteiger partial charge in [0.05, 0.1) is 22.1 Å². The number of hydrogen-bond donors (Lipinski definition) is 1. The Morgan fingerprint density at radius 1 is 1.25 bits per heavy atom. The molecule has 2 aromatic heterocycles. The van der Waals surface area contributed by atoms with E-state index < -0.39 is 0 Å². The topological polar surface area (TPSA) is 46.3 Å². The first-order valence-corrected chi connectivity index (χ1v) is 7.43. The molecule has 0 bridgehead atoms. The lowest BCUT2D eigenvalue weighted by Gasteiger charge is -2.03. The molecule has 0 saturated carbocycles. The van der Waals surface area contributed by atoms with Gasteiger partial charge in [0.2, 0.25) is 0 Å². The van der Waals surface area contributed by atoms with Gasteiger partial charge < -0.3 is 9.63 Å². The zero-order valence-electron chi connectivity index (χ0n) is 10.1. The van der Waals surface area contributed by atoms with Crippen molar-refractivity contribution in [3.63, 3.8) is 0 Å². The fourth-order valence-corrected chi connectivity index (χ4v) is 3.18. The smallest absolute Gasteiger partial charge is 0.182 e. The maximum absolute atomic E-state index is 9.63. The molecule has 0 aliphatic heterocycles. The summed E-state index contributed by atoms with van der Waals surface area (Å²) in [6.07, 6.45) is 0. The lowest BCUT2D eigenvalue weighted by Crippen LogP contribution is -1.89. The molecule has 1 N–H and O–H groups in total. The molecule has 6 heteroatoms. The normalized spacial score (nSPS) is 10.9. The number of aliphatic hydroxyl groups is 1. The summed E-state index contributed by atoms with van der Waals surface area (Å²) in [6, 6.07) is 8.96. The molecule has 0 aliphatic carbocycles. The number of thiophene rings is 1. The van der Waals surface area contributed by atoms with Gasteiger partial charge >= 0.3 is 0 Å². The van der Waals surface area contributed by atoms with Gasteiger partial charge in [-0.1, -0.05) is 34.4 Å². The highest BCUT2D eigenvalue weighted by molar-refractivity contribution is 7.13. The molecule has 3 rings (SSSR count). The fraction of sp³-hybridized carbons (Fsp3) is 0.0714. The van der Waals surface area contributed by atoms with Gasteiger partial charge in [0.25, 0.3) is 0 Å². The van der Waals surface area contributed by atoms with Crippen LogP contribution < -0.4 is 0 Å². The highest BCUT2D eigenvalue weighted by Gasteiger charge is 2.20. The van der Waals surface area contributed by atoms with E-state index in [0.717, 1.165) is 4.88 Å². The van der Waals surface area contributed by atoms with Crippen LogP contribution in [0.3, 0.4) is 0 Å². The van der Waals surface area contributed by atoms with E-state index in [9.17, 15) is 5.11 Å². The molecule has 0 spiro atoms. The minimum absolute atomic E-state index is 0.176. The second kappa shape index (κ2) is 5.58. The minimum Gasteiger partial charge on any atom is -0.391 e. The average Bonchev–Trinajstić information content (AvgIpc) is 3.06. The summed E-state index contributed by atoms with van der Waals surface area (Å²) < 4.78 is 5.38. The van der Waals surface area contributed by atoms with E-state index in [2.05, 4.69) is 5.16 Å². The number of aliphatic hydroxyl groups excluding tert-OH is 1. The Hall–Kier alpha value is -1.33. The van der Waals surface area contributed by atoms with Crippen molar-refractivity contribution in [3.05, 3.63) is 51.3 Å². The van der Waals surface area contributed by atoms with Gasteiger partial charge in [0.15, 0.2) is 5.76 Å². The van der Waals surface area contributed by atoms with Crippen molar-refractivity contribution < 1.29 is 9.63 Å². The monoisotopic (exact) mass is 325 g/mol. The van der Waals surface area contributed by atoms with Crippen LogP contribution in [-0.2, 0) is 6.61 Å². The van der Waals surface area contributed by atoms with Crippen LogP contribution in [0.15, 0.2) is 40.2 Å². The van der Waals surface area contributed by atoms with Crippen LogP contribution in [-0.4, -0.2) is 10.3 Å². The van der Waals surface area contributed by atoms with Gasteiger partial charge in [-0.2, -0.15) is 0 Å². The van der Waals surface area contributed by atoms with Crippen molar-refractivity contribution in [2.75, 3.05) is 0 Å². The summed E-state index contributed by atoms with van der Waals surface area (Å²) in [5.41, 5.74) is 1.85. The van der Waals surface area contributed by atoms with Gasteiger partial charge in [-0.25, -0.2) is 0 Å². The predicted molar refractivity (Wildman–Crippen MR) is 81.2 cm³/mol. The number of benzene rings is 1. The molecule has 3 aromatic rings. The van der Waals surface area contributed by atoms with Crippen LogP contribution in [0.1, 0.15) is 5.56 Å². The van der Waals surface area contributed by atoms with Crippen molar-refractivity contribution in [3.8, 4) is 21.9 Å². The van der Waals surface area contributed by atoms with Gasteiger partial charge in [-0.15, -0.1) is 11.3 Å². The molecule has 0 aliphatic rings. The third-order valence-electron chi connectivity index (χ3n) is 2.88. The number of aromatic nitrogens is 1. The SMILES string of the molecule is OCc1c(-c2ccc(Cl)cc2Cl)noc1-c1cccs1. The van der Waals surface area contributed by atoms with E-state index in [1.807, 2.05) is 17.5 Å². The van der Waals surface area contributed by atoms with Crippen molar-refractivity contribution in [2.24, 2.45) is 0 Å². The van der Waals surface area contributed by atoms with Crippen LogP contribution in [0.25, 0.3) is 21.9 Å². The molecule has 3 nitrogen and oxygen atoms in total. The standard InChI is InChI=1S/C14H9Cl2NO2S/c15-8-3-4-9(11(16)6-8)13-10(7-18)14(19-17-13)12-2-1-5-20-12/h1-6,18H,7H2. The highest BCUT2D eigenvalue weighted by atomic mass is 35.5. The van der Waals surface area contributed by atoms with E-state index in [-0.39, 0.29) is 6.61 Å². The molecule has 0 saturated heterocycles. The van der Waals surface area contributed by atoms with Gasteiger partial charge in [0.1, 0.15) is 5.69 Å². The molecule has 0 amide bonds. The molecule has 2 heterocycles. The average molecular weight is 326 g/mol. The summed E-state index contributed by atoms with van der Waals surface area (Å²) in [6.45, 7) is -0.176. The maximum Gasteiger partial charge on any atom is 0.182 e. The lowest BCUT2D eigenvalue weighted by atomic mass is 10.1. The quantitative estimate of drug-likeness (QED) is 0.747. The Bertz CT molecular complexity index is 738. The maximum atomic E-state index is 9.63. The van der Waals surface area contributed by atoms with Crippen molar-refractivity contribution in [1.29, 1.82) is 0 Å². The Morgan fingerprint density at radius 2 is 2.10 bits per heavy atom. The zero-order chi connectivity index (χ0) is 14.1. The zero-order valence-corrected chi connectivity index (χ0v) is 12.5. The molecular weight excluding hydrogens is 317 g/mol. The number of nitrogens with zero attached hydrogens (tertiary/aromatic N) is 1. The van der Waals surface area contributed by atoms with Crippen LogP contribution in [0.5, 0.6) is 0 Å². The molecule has 20 heavy (non-hydrogen) atoms. The predicted octanol–water partition coefficient (Wildman–Crippen LogP) is 4.87. The van der Waals surface area contributed by atoms with Crippen molar-refractivity contribution in [2.45, 2.75) is 6.61 Å². The Labute approximate surface area is 129 Å². The number of hydrogen-bond acceptors (Lipinski definition) is 4. The van der Waals surface area contributed by atoms with Crippen LogP contribution in [0.4, 0.5) is 0 Å². The Balaban J connectivity index is 2.15. The summed E-state index contributed by atoms with van der Waals surface area (Å²) >= 11 is 13.6. The summed E-state index contributed by atoms with van der Waals surface area (Å²) in [5, 5.41) is 16.6. The fourth-order valence-electron chi connectivity index (χ4n) is 1.95. The molecule has 102 valence electrons. The molecule has 0 unspecified atom stereocenters. The van der Waals surface area contributed by atoms with E-state index in [4.69, 9.17) is 27.7 Å². The second-order valence-corrected chi connectivity index (χ2v) is 5.89. The molecule has 0 atom stereocenters. The molecular formula is C14H9Cl2NO2S. The van der Waals surface area contributed by atoms with E-state index in [1.54, 1.807) is 18.2 Å². The third kappa shape index (κ3) is 2.36. The third-order valence-corrected chi connectivity index (χ3v) is 4.29. The van der Waals surface area contributed by atoms with E-state index in [1.165, 1.54) is 11.3 Å². The van der Waals surface area contributed by atoms with Gasteiger partial charge in [-0.05, 0) is 29.6 Å². The van der Waals surface area contributed by atoms with Gasteiger partial charge in [-0.3, -0.25) is 0 Å². The van der Waals surface area contributed by atoms with Crippen molar-refractivity contribution >= 4 is 34.5 Å².